The molecule has 272 valence electrons. The Kier molecular flexibility index (Phi) is 12.6. The summed E-state index contributed by atoms with van der Waals surface area (Å²) in [5.41, 5.74) is 8.03. The van der Waals surface area contributed by atoms with Gasteiger partial charge in [0.1, 0.15) is 18.5 Å². The minimum Gasteiger partial charge on any atom is -0.508 e. The van der Waals surface area contributed by atoms with Crippen LogP contribution < -0.4 is 16.4 Å². The van der Waals surface area contributed by atoms with E-state index in [-0.39, 0.29) is 69.2 Å². The van der Waals surface area contributed by atoms with Gasteiger partial charge in [-0.05, 0) is 92.4 Å². The monoisotopic (exact) mass is 687 g/mol. The SMILES string of the molecule is COC1CCC(NC(=O)CCC(=O)NCCOCCOCC(=O)OC2CCC3C4CCc5cc(O)ccc5C4CCC23C)C(O)C1C(N)=O. The molecule has 3 fully saturated rings. The smallest absolute Gasteiger partial charge is 0.332 e. The van der Waals surface area contributed by atoms with Gasteiger partial charge < -0.3 is 45.5 Å². The molecular formula is C36H53N3O10. The van der Waals surface area contributed by atoms with E-state index in [4.69, 9.17) is 24.7 Å². The Labute approximate surface area is 287 Å². The topological polar surface area (TPSA) is 196 Å². The zero-order valence-corrected chi connectivity index (χ0v) is 28.7. The molecular weight excluding hydrogens is 634 g/mol. The fraction of sp³-hybridized carbons (Fsp3) is 0.722. The number of nitrogens with two attached hydrogens (primary N) is 1. The molecule has 0 radical (unpaired) electrons. The Morgan fingerprint density at radius 3 is 2.53 bits per heavy atom. The third-order valence-corrected chi connectivity index (χ3v) is 11.6. The summed E-state index contributed by atoms with van der Waals surface area (Å²) < 4.78 is 22.2. The van der Waals surface area contributed by atoms with Crippen LogP contribution in [0.15, 0.2) is 18.2 Å². The molecule has 1 aromatic carbocycles. The van der Waals surface area contributed by atoms with E-state index < -0.39 is 36.0 Å². The first-order valence-electron chi connectivity index (χ1n) is 17.7. The summed E-state index contributed by atoms with van der Waals surface area (Å²) in [6.07, 6.45) is 5.08. The number of aliphatic hydroxyl groups is 1. The van der Waals surface area contributed by atoms with Crippen LogP contribution in [0.3, 0.4) is 0 Å². The first-order chi connectivity index (χ1) is 23.5. The maximum atomic E-state index is 12.7. The largest absolute Gasteiger partial charge is 0.508 e. The molecule has 9 unspecified atom stereocenters. The summed E-state index contributed by atoms with van der Waals surface area (Å²) in [7, 11) is 1.45. The Bertz CT molecular complexity index is 1340. The number of fused-ring (bicyclic) bond motifs is 5. The van der Waals surface area contributed by atoms with Crippen molar-refractivity contribution in [3.8, 4) is 5.75 Å². The van der Waals surface area contributed by atoms with E-state index in [2.05, 4.69) is 23.6 Å². The van der Waals surface area contributed by atoms with Crippen LogP contribution in [0.5, 0.6) is 5.75 Å². The van der Waals surface area contributed by atoms with Gasteiger partial charge in [-0.15, -0.1) is 0 Å². The van der Waals surface area contributed by atoms with Gasteiger partial charge in [0.2, 0.25) is 17.7 Å². The van der Waals surface area contributed by atoms with E-state index in [1.807, 2.05) is 6.07 Å². The van der Waals surface area contributed by atoms with Crippen LogP contribution in [-0.2, 0) is 44.5 Å². The normalized spacial score (nSPS) is 31.9. The number of hydrogen-bond acceptors (Lipinski definition) is 10. The fourth-order valence-corrected chi connectivity index (χ4v) is 9.08. The van der Waals surface area contributed by atoms with Crippen molar-refractivity contribution in [3.05, 3.63) is 29.3 Å². The van der Waals surface area contributed by atoms with Crippen molar-refractivity contribution in [2.45, 2.75) is 101 Å². The molecule has 5 rings (SSSR count). The molecule has 0 heterocycles. The van der Waals surface area contributed by atoms with E-state index in [9.17, 15) is 29.4 Å². The zero-order valence-electron chi connectivity index (χ0n) is 28.7. The number of esters is 1. The highest BCUT2D eigenvalue weighted by Gasteiger charge is 2.56. The van der Waals surface area contributed by atoms with Crippen molar-refractivity contribution in [1.82, 2.24) is 10.6 Å². The second-order valence-electron chi connectivity index (χ2n) is 14.4. The van der Waals surface area contributed by atoms with Gasteiger partial charge >= 0.3 is 5.97 Å². The molecule has 0 saturated heterocycles. The van der Waals surface area contributed by atoms with Gasteiger partial charge in [-0.25, -0.2) is 4.79 Å². The highest BCUT2D eigenvalue weighted by molar-refractivity contribution is 5.84. The number of nitrogens with one attached hydrogen (secondary N) is 2. The van der Waals surface area contributed by atoms with Crippen LogP contribution in [0, 0.1) is 23.2 Å². The average molecular weight is 688 g/mol. The minimum absolute atomic E-state index is 0.0372. The second kappa shape index (κ2) is 16.6. The summed E-state index contributed by atoms with van der Waals surface area (Å²) in [5.74, 6) is -0.762. The molecule has 13 nitrogen and oxygen atoms in total. The zero-order chi connectivity index (χ0) is 35.1. The summed E-state index contributed by atoms with van der Waals surface area (Å²) in [5, 5.41) is 25.8. The molecule has 0 bridgehead atoms. The molecule has 0 aliphatic heterocycles. The summed E-state index contributed by atoms with van der Waals surface area (Å²) in [6, 6.07) is 5.18. The number of carbonyl (C=O) groups is 4. The Morgan fingerprint density at radius 2 is 1.76 bits per heavy atom. The number of primary amides is 1. The lowest BCUT2D eigenvalue weighted by Gasteiger charge is -2.50. The van der Waals surface area contributed by atoms with Gasteiger partial charge in [0, 0.05) is 31.9 Å². The molecule has 3 amide bonds. The Balaban J connectivity index is 0.907. The number of phenols is 1. The van der Waals surface area contributed by atoms with Crippen LogP contribution in [0.1, 0.15) is 81.8 Å². The van der Waals surface area contributed by atoms with Crippen LogP contribution >= 0.6 is 0 Å². The molecule has 3 saturated carbocycles. The minimum atomic E-state index is -1.16. The van der Waals surface area contributed by atoms with Crippen LogP contribution in [-0.4, -0.2) is 98.3 Å². The van der Waals surface area contributed by atoms with Crippen LogP contribution in [0.2, 0.25) is 0 Å². The van der Waals surface area contributed by atoms with Gasteiger partial charge in [-0.1, -0.05) is 13.0 Å². The van der Waals surface area contributed by atoms with Crippen molar-refractivity contribution in [2.24, 2.45) is 28.9 Å². The van der Waals surface area contributed by atoms with Crippen molar-refractivity contribution >= 4 is 23.7 Å². The van der Waals surface area contributed by atoms with E-state index in [1.54, 1.807) is 6.07 Å². The fourth-order valence-electron chi connectivity index (χ4n) is 9.08. The van der Waals surface area contributed by atoms with E-state index in [0.29, 0.717) is 36.3 Å². The lowest BCUT2D eigenvalue weighted by atomic mass is 9.55. The summed E-state index contributed by atoms with van der Waals surface area (Å²) in [4.78, 5) is 49.0. The maximum absolute atomic E-state index is 12.7. The lowest BCUT2D eigenvalue weighted by molar-refractivity contribution is -0.163. The standard InChI is InChI=1S/C36H53N3O10/c1-36-14-13-24-23-6-4-22(40)19-21(23)3-5-25(24)26(36)7-10-29(36)49-32(43)20-48-18-17-47-16-15-38-30(41)11-12-31(42)39-27-8-9-28(46-2)33(34(27)44)35(37)45/h4,6,19,24-29,33-34,40,44H,3,5,7-18,20H2,1-2H3,(H2,37,45)(H,38,41)(H,39,42). The van der Waals surface area contributed by atoms with Gasteiger partial charge in [0.15, 0.2) is 0 Å². The quantitative estimate of drug-likeness (QED) is 0.134. The number of aryl methyl sites for hydroxylation is 1. The van der Waals surface area contributed by atoms with E-state index in [1.165, 1.54) is 18.2 Å². The average Bonchev–Trinajstić information content (AvgIpc) is 3.40. The highest BCUT2D eigenvalue weighted by atomic mass is 16.6. The van der Waals surface area contributed by atoms with Gasteiger partial charge in [0.05, 0.1) is 44.0 Å². The number of aliphatic hydroxyl groups excluding tert-OH is 1. The number of phenolic OH excluding ortho intramolecular Hbond substituents is 1. The predicted octanol–water partition coefficient (Wildman–Crippen LogP) is 1.85. The molecule has 0 spiro atoms. The Hall–Kier alpha value is -3.26. The van der Waals surface area contributed by atoms with Crippen molar-refractivity contribution < 1.29 is 48.3 Å². The molecule has 1 aromatic rings. The lowest BCUT2D eigenvalue weighted by Crippen LogP contribution is -2.57. The maximum Gasteiger partial charge on any atom is 0.332 e. The molecule has 4 aliphatic rings. The molecule has 49 heavy (non-hydrogen) atoms. The number of ether oxygens (including phenoxy) is 4. The third-order valence-electron chi connectivity index (χ3n) is 11.6. The highest BCUT2D eigenvalue weighted by Crippen LogP contribution is 2.61. The van der Waals surface area contributed by atoms with Gasteiger partial charge in [-0.3, -0.25) is 14.4 Å². The van der Waals surface area contributed by atoms with Crippen molar-refractivity contribution in [3.63, 3.8) is 0 Å². The number of aromatic hydroxyl groups is 1. The molecule has 0 aromatic heterocycles. The summed E-state index contributed by atoms with van der Waals surface area (Å²) >= 11 is 0. The van der Waals surface area contributed by atoms with E-state index >= 15 is 0 Å². The number of amides is 3. The molecule has 6 N–H and O–H groups in total. The van der Waals surface area contributed by atoms with Crippen LogP contribution in [0.4, 0.5) is 0 Å². The third kappa shape index (κ3) is 8.73. The van der Waals surface area contributed by atoms with Crippen molar-refractivity contribution in [1.29, 1.82) is 0 Å². The first-order valence-corrected chi connectivity index (χ1v) is 17.7. The van der Waals surface area contributed by atoms with Crippen LogP contribution in [0.25, 0.3) is 0 Å². The first kappa shape index (κ1) is 37.0. The Morgan fingerprint density at radius 1 is 0.980 bits per heavy atom. The van der Waals surface area contributed by atoms with Gasteiger partial charge in [0.25, 0.3) is 0 Å². The number of methoxy groups -OCH3 is 1. The summed E-state index contributed by atoms with van der Waals surface area (Å²) in [6.45, 7) is 3.09. The number of hydrogen-bond donors (Lipinski definition) is 5. The van der Waals surface area contributed by atoms with Gasteiger partial charge in [-0.2, -0.15) is 0 Å². The molecule has 13 heteroatoms. The predicted molar refractivity (Wildman–Crippen MR) is 177 cm³/mol. The number of benzene rings is 1. The van der Waals surface area contributed by atoms with Crippen molar-refractivity contribution in [2.75, 3.05) is 40.1 Å². The van der Waals surface area contributed by atoms with E-state index in [0.717, 1.165) is 38.5 Å². The molecule has 9 atom stereocenters. The number of rotatable bonds is 15. The molecule has 4 aliphatic carbocycles. The number of carbonyl (C=O) groups excluding carboxylic acids is 4. The second-order valence-corrected chi connectivity index (χ2v) is 14.4.